The van der Waals surface area contributed by atoms with Crippen molar-refractivity contribution in [2.24, 2.45) is 0 Å². The normalized spacial score (nSPS) is 11.8. The summed E-state index contributed by atoms with van der Waals surface area (Å²) in [6.07, 6.45) is 0. The van der Waals surface area contributed by atoms with Gasteiger partial charge in [-0.25, -0.2) is 0 Å². The monoisotopic (exact) mass is 394 g/mol. The van der Waals surface area contributed by atoms with Crippen molar-refractivity contribution in [2.45, 2.75) is 19.9 Å². The van der Waals surface area contributed by atoms with Crippen molar-refractivity contribution in [3.63, 3.8) is 0 Å². The Hall–Kier alpha value is -3.45. The molecular weight excluding hydrogens is 370 g/mol. The van der Waals surface area contributed by atoms with Gasteiger partial charge in [0.2, 0.25) is 0 Å². The van der Waals surface area contributed by atoms with E-state index in [9.17, 15) is 14.9 Å². The van der Waals surface area contributed by atoms with E-state index in [4.69, 9.17) is 4.74 Å². The van der Waals surface area contributed by atoms with Crippen LogP contribution in [0.15, 0.2) is 54.6 Å². The number of hydrogen-bond acceptors (Lipinski definition) is 4. The number of carbonyl (C=O) groups excluding carboxylic acids is 1. The number of fused-ring (bicyclic) bond motifs is 1. The molecule has 3 rings (SSSR count). The molecule has 0 fully saturated rings. The van der Waals surface area contributed by atoms with Crippen LogP contribution in [0.4, 0.5) is 11.4 Å². The molecule has 0 aliphatic carbocycles. The third kappa shape index (κ3) is 4.52. The van der Waals surface area contributed by atoms with Crippen LogP contribution >= 0.6 is 0 Å². The summed E-state index contributed by atoms with van der Waals surface area (Å²) in [5.74, 6) is -0.0694. The number of nitrogens with two attached hydrogens (primary N) is 1. The number of nitro benzene ring substituents is 1. The molecule has 7 heteroatoms. The molecule has 0 spiro atoms. The van der Waals surface area contributed by atoms with Gasteiger partial charge >= 0.3 is 5.69 Å². The fourth-order valence-corrected chi connectivity index (χ4v) is 3.37. The molecule has 29 heavy (non-hydrogen) atoms. The molecule has 150 valence electrons. The maximum absolute atomic E-state index is 12.5. The molecule has 1 amide bonds. The lowest BCUT2D eigenvalue weighted by molar-refractivity contribution is -0.682. The van der Waals surface area contributed by atoms with E-state index >= 15 is 0 Å². The number of nitro groups is 1. The summed E-state index contributed by atoms with van der Waals surface area (Å²) < 4.78 is 5.08. The summed E-state index contributed by atoms with van der Waals surface area (Å²) in [7, 11) is 1.36. The van der Waals surface area contributed by atoms with E-state index in [1.165, 1.54) is 35.6 Å². The lowest BCUT2D eigenvalue weighted by atomic mass is 10.00. The fourth-order valence-electron chi connectivity index (χ4n) is 3.37. The van der Waals surface area contributed by atoms with Crippen LogP contribution in [0.1, 0.15) is 24.1 Å². The van der Waals surface area contributed by atoms with Gasteiger partial charge < -0.3 is 15.4 Å². The minimum Gasteiger partial charge on any atom is -0.490 e. The van der Waals surface area contributed by atoms with Crippen molar-refractivity contribution in [3.8, 4) is 5.75 Å². The van der Waals surface area contributed by atoms with E-state index in [0.717, 1.165) is 0 Å². The minimum absolute atomic E-state index is 0.0966. The van der Waals surface area contributed by atoms with Crippen LogP contribution in [0.5, 0.6) is 5.75 Å². The van der Waals surface area contributed by atoms with Gasteiger partial charge in [-0.05, 0) is 30.2 Å². The van der Waals surface area contributed by atoms with Crippen molar-refractivity contribution in [1.29, 1.82) is 0 Å². The zero-order valence-electron chi connectivity index (χ0n) is 16.6. The first-order chi connectivity index (χ1) is 13.9. The molecule has 3 aromatic carbocycles. The summed E-state index contributed by atoms with van der Waals surface area (Å²) in [5, 5.41) is 18.2. The number of hydrogen-bond donors (Lipinski definition) is 2. The Kier molecular flexibility index (Phi) is 6.09. The molecule has 0 radical (unpaired) electrons. The number of amides is 1. The van der Waals surface area contributed by atoms with Crippen molar-refractivity contribution in [3.05, 3.63) is 75.8 Å². The number of carbonyl (C=O) groups is 1. The van der Waals surface area contributed by atoms with Gasteiger partial charge in [0.1, 0.15) is 6.04 Å². The van der Waals surface area contributed by atoms with Crippen LogP contribution in [-0.4, -0.2) is 24.5 Å². The highest BCUT2D eigenvalue weighted by atomic mass is 16.6. The SMILES string of the molecule is COc1cc(NC(=O)C[NH2+][C@H](C)c2cccc3ccccc23)c(C)cc1[N+](=O)[O-]. The third-order valence-electron chi connectivity index (χ3n) is 4.97. The number of aryl methyl sites for hydroxylation is 1. The molecule has 0 bridgehead atoms. The predicted octanol–water partition coefficient (Wildman–Crippen LogP) is 3.33. The lowest BCUT2D eigenvalue weighted by Crippen LogP contribution is -2.86. The Morgan fingerprint density at radius 1 is 1.21 bits per heavy atom. The van der Waals surface area contributed by atoms with Gasteiger partial charge in [0, 0.05) is 23.4 Å². The van der Waals surface area contributed by atoms with E-state index in [1.807, 2.05) is 23.5 Å². The molecule has 0 saturated heterocycles. The van der Waals surface area contributed by atoms with Crippen LogP contribution in [0.3, 0.4) is 0 Å². The maximum Gasteiger partial charge on any atom is 0.311 e. The molecule has 7 nitrogen and oxygen atoms in total. The third-order valence-corrected chi connectivity index (χ3v) is 4.97. The van der Waals surface area contributed by atoms with Crippen LogP contribution < -0.4 is 15.4 Å². The molecule has 0 aliphatic heterocycles. The Bertz CT molecular complexity index is 1060. The van der Waals surface area contributed by atoms with Gasteiger partial charge in [0.05, 0.1) is 12.0 Å². The highest BCUT2D eigenvalue weighted by Gasteiger charge is 2.19. The maximum atomic E-state index is 12.5. The van der Waals surface area contributed by atoms with Crippen LogP contribution in [-0.2, 0) is 4.79 Å². The summed E-state index contributed by atoms with van der Waals surface area (Å²) in [6, 6.07) is 17.3. The first kappa shape index (κ1) is 20.3. The first-order valence-corrected chi connectivity index (χ1v) is 9.34. The Morgan fingerprint density at radius 3 is 2.66 bits per heavy atom. The zero-order valence-corrected chi connectivity index (χ0v) is 16.6. The summed E-state index contributed by atoms with van der Waals surface area (Å²) >= 11 is 0. The van der Waals surface area contributed by atoms with Gasteiger partial charge in [0.15, 0.2) is 12.3 Å². The van der Waals surface area contributed by atoms with E-state index in [2.05, 4.69) is 36.5 Å². The fraction of sp³-hybridized carbons (Fsp3) is 0.227. The van der Waals surface area contributed by atoms with Crippen molar-refractivity contribution in [1.82, 2.24) is 0 Å². The Labute approximate surface area is 168 Å². The molecule has 0 aliphatic rings. The lowest BCUT2D eigenvalue weighted by Gasteiger charge is -2.14. The van der Waals surface area contributed by atoms with Gasteiger partial charge in [-0.15, -0.1) is 0 Å². The largest absolute Gasteiger partial charge is 0.490 e. The molecule has 0 aromatic heterocycles. The number of ether oxygens (including phenoxy) is 1. The average Bonchev–Trinajstić information content (AvgIpc) is 2.72. The highest BCUT2D eigenvalue weighted by Crippen LogP contribution is 2.32. The van der Waals surface area contributed by atoms with Crippen molar-refractivity contribution in [2.75, 3.05) is 19.0 Å². The number of quaternary nitrogens is 1. The molecule has 3 N–H and O–H groups in total. The first-order valence-electron chi connectivity index (χ1n) is 9.34. The highest BCUT2D eigenvalue weighted by molar-refractivity contribution is 5.92. The molecule has 0 unspecified atom stereocenters. The zero-order chi connectivity index (χ0) is 21.0. The average molecular weight is 394 g/mol. The number of methoxy groups -OCH3 is 1. The topological polar surface area (TPSA) is 98.1 Å². The minimum atomic E-state index is -0.503. The van der Waals surface area contributed by atoms with Crippen LogP contribution in [0.2, 0.25) is 0 Å². The molecular formula is C22H24N3O4+. The molecule has 0 heterocycles. The predicted molar refractivity (Wildman–Crippen MR) is 112 cm³/mol. The second-order valence-electron chi connectivity index (χ2n) is 6.94. The molecule has 0 saturated carbocycles. The van der Waals surface area contributed by atoms with E-state index in [0.29, 0.717) is 11.3 Å². The Balaban J connectivity index is 1.69. The van der Waals surface area contributed by atoms with Gasteiger partial charge in [-0.1, -0.05) is 42.5 Å². The quantitative estimate of drug-likeness (QED) is 0.474. The number of rotatable bonds is 7. The standard InChI is InChI=1S/C22H23N3O4/c1-14-11-20(25(27)28)21(29-3)12-19(14)24-22(26)13-23-15(2)17-10-6-8-16-7-4-5-9-18(16)17/h4-12,15,23H,13H2,1-3H3,(H,24,26)/p+1/t15-/m1/s1. The van der Waals surface area contributed by atoms with E-state index < -0.39 is 4.92 Å². The van der Waals surface area contributed by atoms with Gasteiger partial charge in [-0.3, -0.25) is 14.9 Å². The summed E-state index contributed by atoms with van der Waals surface area (Å²) in [6.45, 7) is 4.00. The molecule has 1 atom stereocenters. The summed E-state index contributed by atoms with van der Waals surface area (Å²) in [4.78, 5) is 23.1. The number of nitrogens with zero attached hydrogens (tertiary/aromatic N) is 1. The van der Waals surface area contributed by atoms with Crippen molar-refractivity contribution >= 4 is 28.1 Å². The van der Waals surface area contributed by atoms with E-state index in [1.54, 1.807) is 6.92 Å². The number of benzene rings is 3. The second-order valence-corrected chi connectivity index (χ2v) is 6.94. The van der Waals surface area contributed by atoms with Gasteiger partial charge in [0.25, 0.3) is 5.91 Å². The smallest absolute Gasteiger partial charge is 0.311 e. The second kappa shape index (κ2) is 8.70. The van der Waals surface area contributed by atoms with E-state index in [-0.39, 0.29) is 29.9 Å². The van der Waals surface area contributed by atoms with Crippen molar-refractivity contribution < 1.29 is 19.8 Å². The Morgan fingerprint density at radius 2 is 1.93 bits per heavy atom. The van der Waals surface area contributed by atoms with Crippen LogP contribution in [0.25, 0.3) is 10.8 Å². The number of nitrogens with one attached hydrogen (secondary N) is 1. The molecule has 3 aromatic rings. The van der Waals surface area contributed by atoms with Gasteiger partial charge in [-0.2, -0.15) is 0 Å². The van der Waals surface area contributed by atoms with Crippen LogP contribution in [0, 0.1) is 17.0 Å². The number of anilines is 1. The summed E-state index contributed by atoms with van der Waals surface area (Å²) in [5.41, 5.74) is 2.15.